The monoisotopic (exact) mass is 336 g/mol. The van der Waals surface area contributed by atoms with Gasteiger partial charge in [-0.3, -0.25) is 14.9 Å². The Balaban J connectivity index is 3.19. The summed E-state index contributed by atoms with van der Waals surface area (Å²) in [6.45, 7) is 5.33. The number of methoxy groups -OCH3 is 2. The number of allylic oxidation sites excluding steroid dienone is 2. The van der Waals surface area contributed by atoms with Crippen molar-refractivity contribution in [1.82, 2.24) is 0 Å². The molecule has 24 heavy (non-hydrogen) atoms. The molecule has 7 heteroatoms. The predicted molar refractivity (Wildman–Crippen MR) is 92.2 cm³/mol. The van der Waals surface area contributed by atoms with E-state index in [9.17, 15) is 14.9 Å². The fraction of sp³-hybridized carbons (Fsp3) is 0.471. The van der Waals surface area contributed by atoms with Crippen LogP contribution in [0.4, 0.5) is 11.4 Å². The Labute approximate surface area is 141 Å². The molecular formula is C17H24N2O5. The van der Waals surface area contributed by atoms with Gasteiger partial charge in [0, 0.05) is 23.1 Å². The minimum absolute atomic E-state index is 0.0797. The van der Waals surface area contributed by atoms with E-state index >= 15 is 0 Å². The van der Waals surface area contributed by atoms with E-state index in [0.29, 0.717) is 41.7 Å². The lowest BCUT2D eigenvalue weighted by molar-refractivity contribution is -0.384. The maximum Gasteiger partial charge on any atom is 0.305 e. The Hall–Kier alpha value is -2.57. The highest BCUT2D eigenvalue weighted by Gasteiger charge is 2.25. The number of anilines is 1. The molecule has 0 unspecified atom stereocenters. The number of carbonyl (C=O) groups excluding carboxylic acids is 1. The Morgan fingerprint density at radius 3 is 2.38 bits per heavy atom. The number of carbonyl (C=O) groups is 1. The van der Waals surface area contributed by atoms with Crippen LogP contribution in [0.15, 0.2) is 11.6 Å². The van der Waals surface area contributed by atoms with Crippen LogP contribution in [0.2, 0.25) is 0 Å². The van der Waals surface area contributed by atoms with Crippen molar-refractivity contribution in [3.63, 3.8) is 0 Å². The molecule has 0 aliphatic heterocycles. The average Bonchev–Trinajstić information content (AvgIpc) is 2.54. The number of rotatable bonds is 7. The molecule has 0 aliphatic carbocycles. The topological polar surface area (TPSA) is 105 Å². The molecule has 0 spiro atoms. The molecule has 1 rings (SSSR count). The number of ether oxygens (including phenoxy) is 2. The number of nitro benzene ring substituents is 1. The van der Waals surface area contributed by atoms with Gasteiger partial charge in [0.15, 0.2) is 0 Å². The summed E-state index contributed by atoms with van der Waals surface area (Å²) >= 11 is 0. The van der Waals surface area contributed by atoms with E-state index in [-0.39, 0.29) is 17.3 Å². The largest absolute Gasteiger partial charge is 0.496 e. The minimum Gasteiger partial charge on any atom is -0.496 e. The lowest BCUT2D eigenvalue weighted by Crippen LogP contribution is -2.07. The van der Waals surface area contributed by atoms with Crippen LogP contribution in [0.1, 0.15) is 36.5 Å². The maximum absolute atomic E-state index is 11.3. The van der Waals surface area contributed by atoms with Gasteiger partial charge in [0.25, 0.3) is 5.69 Å². The molecule has 0 amide bonds. The van der Waals surface area contributed by atoms with Gasteiger partial charge >= 0.3 is 5.97 Å². The predicted octanol–water partition coefficient (Wildman–Crippen LogP) is 3.24. The summed E-state index contributed by atoms with van der Waals surface area (Å²) < 4.78 is 10.0. The third-order valence-electron chi connectivity index (χ3n) is 4.11. The Morgan fingerprint density at radius 1 is 1.25 bits per heavy atom. The maximum atomic E-state index is 11.3. The molecular weight excluding hydrogens is 312 g/mol. The van der Waals surface area contributed by atoms with Crippen molar-refractivity contribution in [2.24, 2.45) is 0 Å². The smallest absolute Gasteiger partial charge is 0.305 e. The molecule has 1 aromatic carbocycles. The van der Waals surface area contributed by atoms with E-state index in [0.717, 1.165) is 5.57 Å². The fourth-order valence-corrected chi connectivity index (χ4v) is 2.54. The summed E-state index contributed by atoms with van der Waals surface area (Å²) in [6.07, 6.45) is 3.14. The van der Waals surface area contributed by atoms with Crippen molar-refractivity contribution in [3.05, 3.63) is 38.5 Å². The Bertz CT molecular complexity index is 680. The molecule has 2 N–H and O–H groups in total. The van der Waals surface area contributed by atoms with Gasteiger partial charge in [0.2, 0.25) is 0 Å². The van der Waals surface area contributed by atoms with Crippen LogP contribution in [-0.2, 0) is 16.0 Å². The summed E-state index contributed by atoms with van der Waals surface area (Å²) in [4.78, 5) is 22.0. The summed E-state index contributed by atoms with van der Waals surface area (Å²) in [5, 5.41) is 11.3. The van der Waals surface area contributed by atoms with Crippen molar-refractivity contribution in [2.45, 2.75) is 40.0 Å². The lowest BCUT2D eigenvalue weighted by Gasteiger charge is -2.16. The zero-order valence-corrected chi connectivity index (χ0v) is 14.8. The van der Waals surface area contributed by atoms with Gasteiger partial charge in [0.1, 0.15) is 11.4 Å². The Morgan fingerprint density at radius 2 is 1.88 bits per heavy atom. The number of benzene rings is 1. The average molecular weight is 336 g/mol. The van der Waals surface area contributed by atoms with E-state index in [1.807, 2.05) is 13.0 Å². The molecule has 0 radical (unpaired) electrons. The van der Waals surface area contributed by atoms with Crippen LogP contribution in [0.5, 0.6) is 5.75 Å². The second-order valence-electron chi connectivity index (χ2n) is 5.61. The summed E-state index contributed by atoms with van der Waals surface area (Å²) in [7, 11) is 2.87. The number of nitrogens with zero attached hydrogens (tertiary/aromatic N) is 1. The first-order valence-corrected chi connectivity index (χ1v) is 7.56. The summed E-state index contributed by atoms with van der Waals surface area (Å²) in [5.41, 5.74) is 8.85. The molecule has 0 heterocycles. The van der Waals surface area contributed by atoms with Crippen LogP contribution in [0.3, 0.4) is 0 Å². The number of nitro groups is 1. The molecule has 0 fully saturated rings. The van der Waals surface area contributed by atoms with E-state index in [4.69, 9.17) is 10.5 Å². The van der Waals surface area contributed by atoms with Gasteiger partial charge in [-0.25, -0.2) is 0 Å². The molecule has 1 aromatic rings. The van der Waals surface area contributed by atoms with Gasteiger partial charge < -0.3 is 15.2 Å². The molecule has 0 aromatic heterocycles. The van der Waals surface area contributed by atoms with Gasteiger partial charge in [-0.1, -0.05) is 11.6 Å². The molecule has 132 valence electrons. The minimum atomic E-state index is -0.464. The van der Waals surface area contributed by atoms with Crippen LogP contribution < -0.4 is 10.5 Å². The van der Waals surface area contributed by atoms with Crippen molar-refractivity contribution >= 4 is 17.3 Å². The van der Waals surface area contributed by atoms with Crippen molar-refractivity contribution in [2.75, 3.05) is 20.0 Å². The van der Waals surface area contributed by atoms with E-state index < -0.39 is 4.92 Å². The van der Waals surface area contributed by atoms with Crippen LogP contribution in [-0.4, -0.2) is 25.1 Å². The normalized spacial score (nSPS) is 11.3. The first-order chi connectivity index (χ1) is 11.2. The molecule has 0 atom stereocenters. The van der Waals surface area contributed by atoms with Crippen molar-refractivity contribution in [1.29, 1.82) is 0 Å². The second-order valence-corrected chi connectivity index (χ2v) is 5.61. The molecule has 0 saturated heterocycles. The first-order valence-electron chi connectivity index (χ1n) is 7.56. The summed E-state index contributed by atoms with van der Waals surface area (Å²) in [6, 6.07) is 0. The van der Waals surface area contributed by atoms with Crippen molar-refractivity contribution < 1.29 is 19.2 Å². The zero-order valence-electron chi connectivity index (χ0n) is 14.8. The highest BCUT2D eigenvalue weighted by Crippen LogP contribution is 2.40. The summed E-state index contributed by atoms with van der Waals surface area (Å²) in [5.74, 6) is 0.286. The van der Waals surface area contributed by atoms with Gasteiger partial charge in [-0.15, -0.1) is 0 Å². The molecule has 0 saturated carbocycles. The molecule has 0 aliphatic rings. The van der Waals surface area contributed by atoms with Gasteiger partial charge in [-0.05, 0) is 33.6 Å². The molecule has 7 nitrogen and oxygen atoms in total. The van der Waals surface area contributed by atoms with Crippen molar-refractivity contribution in [3.8, 4) is 5.75 Å². The number of hydrogen-bond acceptors (Lipinski definition) is 6. The van der Waals surface area contributed by atoms with E-state index in [1.54, 1.807) is 13.8 Å². The second kappa shape index (κ2) is 8.33. The Kier molecular flexibility index (Phi) is 6.76. The highest BCUT2D eigenvalue weighted by atomic mass is 16.6. The number of esters is 1. The fourth-order valence-electron chi connectivity index (χ4n) is 2.54. The zero-order chi connectivity index (χ0) is 18.4. The van der Waals surface area contributed by atoms with Gasteiger partial charge in [0.05, 0.1) is 19.1 Å². The third kappa shape index (κ3) is 4.24. The SMILES string of the molecule is COC(=O)CC/C(C)=C/Cc1c(N)c([N+](=O)[O-])c(C)c(C)c1OC. The van der Waals surface area contributed by atoms with E-state index in [2.05, 4.69) is 4.74 Å². The highest BCUT2D eigenvalue weighted by molar-refractivity contribution is 5.74. The van der Waals surface area contributed by atoms with E-state index in [1.165, 1.54) is 14.2 Å². The number of nitrogens with two attached hydrogens (primary N) is 1. The van der Waals surface area contributed by atoms with Crippen LogP contribution in [0.25, 0.3) is 0 Å². The lowest BCUT2D eigenvalue weighted by atomic mass is 9.96. The number of hydrogen-bond donors (Lipinski definition) is 1. The third-order valence-corrected chi connectivity index (χ3v) is 4.11. The standard InChI is InChI=1S/C17H24N2O5/c1-10(7-9-14(20)23-4)6-8-13-15(18)16(19(21)22)11(2)12(3)17(13)24-5/h6H,7-9,18H2,1-5H3/b10-6+. The molecule has 0 bridgehead atoms. The number of nitrogen functional groups attached to an aromatic ring is 1. The first kappa shape index (κ1) is 19.5. The van der Waals surface area contributed by atoms with Crippen LogP contribution in [0, 0.1) is 24.0 Å². The van der Waals surface area contributed by atoms with Gasteiger partial charge in [-0.2, -0.15) is 0 Å². The quantitative estimate of drug-likeness (QED) is 0.269. The van der Waals surface area contributed by atoms with Crippen LogP contribution >= 0.6 is 0 Å².